The fourth-order valence-corrected chi connectivity index (χ4v) is 2.72. The predicted molar refractivity (Wildman–Crippen MR) is 89.7 cm³/mol. The molecule has 0 unspecified atom stereocenters. The quantitative estimate of drug-likeness (QED) is 0.784. The average Bonchev–Trinajstić information content (AvgIpc) is 2.56. The molecule has 0 saturated heterocycles. The Morgan fingerprint density at radius 2 is 1.78 bits per heavy atom. The van der Waals surface area contributed by atoms with Gasteiger partial charge in [-0.25, -0.2) is 17.9 Å². The van der Waals surface area contributed by atoms with Crippen molar-refractivity contribution in [3.8, 4) is 0 Å². The zero-order valence-corrected chi connectivity index (χ0v) is 13.8. The van der Waals surface area contributed by atoms with Crippen molar-refractivity contribution < 1.29 is 13.2 Å². The standard InChI is InChI=1S/C16H19N3O3S/c1-12-8-9-14(23(21,22)17-2)10-15(12)19-16(20)18-11-13-6-4-3-5-7-13/h3-10,17H,11H2,1-2H3,(H2,18,19,20). The van der Waals surface area contributed by atoms with Crippen molar-refractivity contribution in [1.29, 1.82) is 0 Å². The van der Waals surface area contributed by atoms with Crippen molar-refractivity contribution in [2.24, 2.45) is 0 Å². The summed E-state index contributed by atoms with van der Waals surface area (Å²) >= 11 is 0. The van der Waals surface area contributed by atoms with Crippen LogP contribution >= 0.6 is 0 Å². The second-order valence-electron chi connectivity index (χ2n) is 4.98. The van der Waals surface area contributed by atoms with Crippen LogP contribution in [0.3, 0.4) is 0 Å². The Balaban J connectivity index is 2.07. The Morgan fingerprint density at radius 3 is 2.43 bits per heavy atom. The van der Waals surface area contributed by atoms with E-state index in [0.29, 0.717) is 12.2 Å². The summed E-state index contributed by atoms with van der Waals surface area (Å²) < 4.78 is 25.9. The van der Waals surface area contributed by atoms with Crippen molar-refractivity contribution >= 4 is 21.7 Å². The molecule has 7 heteroatoms. The fourth-order valence-electron chi connectivity index (χ4n) is 1.97. The Bertz CT molecular complexity index is 789. The van der Waals surface area contributed by atoms with Gasteiger partial charge < -0.3 is 10.6 Å². The van der Waals surface area contributed by atoms with E-state index in [4.69, 9.17) is 0 Å². The van der Waals surface area contributed by atoms with E-state index < -0.39 is 16.1 Å². The number of aryl methyl sites for hydroxylation is 1. The van der Waals surface area contributed by atoms with Crippen LogP contribution in [0.5, 0.6) is 0 Å². The van der Waals surface area contributed by atoms with Crippen LogP contribution in [-0.2, 0) is 16.6 Å². The molecule has 0 aromatic heterocycles. The molecule has 2 rings (SSSR count). The molecule has 0 heterocycles. The lowest BCUT2D eigenvalue weighted by molar-refractivity contribution is 0.251. The summed E-state index contributed by atoms with van der Waals surface area (Å²) in [5.74, 6) is 0. The van der Waals surface area contributed by atoms with Gasteiger partial charge in [-0.15, -0.1) is 0 Å². The van der Waals surface area contributed by atoms with E-state index in [9.17, 15) is 13.2 Å². The van der Waals surface area contributed by atoms with Crippen molar-refractivity contribution in [1.82, 2.24) is 10.0 Å². The van der Waals surface area contributed by atoms with Crippen molar-refractivity contribution in [2.75, 3.05) is 12.4 Å². The zero-order valence-electron chi connectivity index (χ0n) is 13.0. The van der Waals surface area contributed by atoms with Gasteiger partial charge in [-0.3, -0.25) is 0 Å². The molecule has 2 aromatic carbocycles. The van der Waals surface area contributed by atoms with E-state index in [1.165, 1.54) is 19.2 Å². The number of nitrogens with one attached hydrogen (secondary N) is 3. The normalized spacial score (nSPS) is 11.0. The van der Waals surface area contributed by atoms with Gasteiger partial charge in [0.1, 0.15) is 0 Å². The Morgan fingerprint density at radius 1 is 1.09 bits per heavy atom. The van der Waals surface area contributed by atoms with Crippen molar-refractivity contribution in [3.63, 3.8) is 0 Å². The van der Waals surface area contributed by atoms with Gasteiger partial charge in [-0.05, 0) is 37.2 Å². The SMILES string of the molecule is CNS(=O)(=O)c1ccc(C)c(NC(=O)NCc2ccccc2)c1. The van der Waals surface area contributed by atoms with Crippen LogP contribution in [0.25, 0.3) is 0 Å². The first-order valence-electron chi connectivity index (χ1n) is 7.05. The largest absolute Gasteiger partial charge is 0.334 e. The van der Waals surface area contributed by atoms with E-state index in [0.717, 1.165) is 11.1 Å². The number of rotatable bonds is 5. The lowest BCUT2D eigenvalue weighted by Gasteiger charge is -2.12. The second-order valence-corrected chi connectivity index (χ2v) is 6.86. The van der Waals surface area contributed by atoms with Crippen LogP contribution in [0, 0.1) is 6.92 Å². The Hall–Kier alpha value is -2.38. The number of amides is 2. The molecular weight excluding hydrogens is 314 g/mol. The summed E-state index contributed by atoms with van der Waals surface area (Å²) in [6.45, 7) is 2.18. The van der Waals surface area contributed by atoms with Gasteiger partial charge in [0.05, 0.1) is 4.90 Å². The maximum Gasteiger partial charge on any atom is 0.319 e. The zero-order chi connectivity index (χ0) is 16.9. The predicted octanol–water partition coefficient (Wildman–Crippen LogP) is 2.22. The molecule has 23 heavy (non-hydrogen) atoms. The minimum atomic E-state index is -3.55. The Kier molecular flexibility index (Phi) is 5.36. The number of carbonyl (C=O) groups excluding carboxylic acids is 1. The van der Waals surface area contributed by atoms with Crippen molar-refractivity contribution in [3.05, 3.63) is 59.7 Å². The average molecular weight is 333 g/mol. The topological polar surface area (TPSA) is 87.3 Å². The number of carbonyl (C=O) groups is 1. The van der Waals surface area contributed by atoms with Crippen molar-refractivity contribution in [2.45, 2.75) is 18.4 Å². The summed E-state index contributed by atoms with van der Waals surface area (Å²) in [6.07, 6.45) is 0. The maximum atomic E-state index is 12.0. The van der Waals surface area contributed by atoms with Gasteiger partial charge in [-0.2, -0.15) is 0 Å². The minimum absolute atomic E-state index is 0.101. The first-order chi connectivity index (χ1) is 10.9. The van der Waals surface area contributed by atoms with Gasteiger partial charge >= 0.3 is 6.03 Å². The number of hydrogen-bond acceptors (Lipinski definition) is 3. The molecule has 0 radical (unpaired) electrons. The fraction of sp³-hybridized carbons (Fsp3) is 0.188. The third-order valence-electron chi connectivity index (χ3n) is 3.33. The molecule has 0 atom stereocenters. The molecule has 2 aromatic rings. The van der Waals surface area contributed by atoms with Gasteiger partial charge in [0.25, 0.3) is 0 Å². The monoisotopic (exact) mass is 333 g/mol. The second kappa shape index (κ2) is 7.26. The van der Waals surface area contributed by atoms with Crippen LogP contribution in [0.4, 0.5) is 10.5 Å². The van der Waals surface area contributed by atoms with E-state index >= 15 is 0 Å². The van der Waals surface area contributed by atoms with E-state index in [1.54, 1.807) is 13.0 Å². The summed E-state index contributed by atoms with van der Waals surface area (Å²) in [7, 11) is -2.21. The van der Waals surface area contributed by atoms with E-state index in [2.05, 4.69) is 15.4 Å². The third-order valence-corrected chi connectivity index (χ3v) is 4.74. The summed E-state index contributed by atoms with van der Waals surface area (Å²) in [4.78, 5) is 12.1. The van der Waals surface area contributed by atoms with Crippen LogP contribution < -0.4 is 15.4 Å². The summed E-state index contributed by atoms with van der Waals surface area (Å²) in [5, 5.41) is 5.41. The molecule has 0 aliphatic rings. The molecule has 3 N–H and O–H groups in total. The Labute approximate surface area is 136 Å². The maximum absolute atomic E-state index is 12.0. The first kappa shape index (κ1) is 17.0. The highest BCUT2D eigenvalue weighted by atomic mass is 32.2. The van der Waals surface area contributed by atoms with E-state index in [-0.39, 0.29) is 4.90 Å². The highest BCUT2D eigenvalue weighted by molar-refractivity contribution is 7.89. The lowest BCUT2D eigenvalue weighted by Crippen LogP contribution is -2.28. The molecule has 6 nitrogen and oxygen atoms in total. The lowest BCUT2D eigenvalue weighted by atomic mass is 10.2. The number of urea groups is 1. The third kappa shape index (κ3) is 4.54. The summed E-state index contributed by atoms with van der Waals surface area (Å²) in [6, 6.07) is 13.7. The van der Waals surface area contributed by atoms with Crippen LogP contribution in [0.15, 0.2) is 53.4 Å². The first-order valence-corrected chi connectivity index (χ1v) is 8.53. The van der Waals surface area contributed by atoms with Gasteiger partial charge in [-0.1, -0.05) is 36.4 Å². The van der Waals surface area contributed by atoms with Gasteiger partial charge in [0.2, 0.25) is 10.0 Å². The smallest absolute Gasteiger partial charge is 0.319 e. The number of sulfonamides is 1. The highest BCUT2D eigenvalue weighted by Gasteiger charge is 2.14. The molecule has 0 fully saturated rings. The van der Waals surface area contributed by atoms with Gasteiger partial charge in [0, 0.05) is 12.2 Å². The number of anilines is 1. The molecule has 0 bridgehead atoms. The molecule has 122 valence electrons. The van der Waals surface area contributed by atoms with Crippen LogP contribution in [-0.4, -0.2) is 21.5 Å². The number of benzene rings is 2. The molecule has 2 amide bonds. The molecule has 0 spiro atoms. The highest BCUT2D eigenvalue weighted by Crippen LogP contribution is 2.20. The van der Waals surface area contributed by atoms with E-state index in [1.807, 2.05) is 30.3 Å². The van der Waals surface area contributed by atoms with Gasteiger partial charge in [0.15, 0.2) is 0 Å². The molecule has 0 saturated carbocycles. The number of hydrogen-bond donors (Lipinski definition) is 3. The molecule has 0 aliphatic carbocycles. The molecule has 0 aliphatic heterocycles. The van der Waals surface area contributed by atoms with Crippen LogP contribution in [0.2, 0.25) is 0 Å². The summed E-state index contributed by atoms with van der Waals surface area (Å²) in [5.41, 5.74) is 2.20. The molecular formula is C16H19N3O3S. The van der Waals surface area contributed by atoms with Crippen LogP contribution in [0.1, 0.15) is 11.1 Å². The minimum Gasteiger partial charge on any atom is -0.334 e.